The van der Waals surface area contributed by atoms with Crippen LogP contribution in [0.3, 0.4) is 0 Å². The van der Waals surface area contributed by atoms with Gasteiger partial charge in [0.05, 0.1) is 0 Å². The molecule has 2 rings (SSSR count). The summed E-state index contributed by atoms with van der Waals surface area (Å²) in [6, 6.07) is 0. The zero-order valence-electron chi connectivity index (χ0n) is 13.6. The van der Waals surface area contributed by atoms with E-state index in [0.717, 1.165) is 32.1 Å². The highest BCUT2D eigenvalue weighted by Crippen LogP contribution is 2.59. The summed E-state index contributed by atoms with van der Waals surface area (Å²) in [7, 11) is 0. The second-order valence-electron chi connectivity index (χ2n) is 7.86. The van der Waals surface area contributed by atoms with Gasteiger partial charge in [0.15, 0.2) is 0 Å². The lowest BCUT2D eigenvalue weighted by molar-refractivity contribution is -0.771. The van der Waals surface area contributed by atoms with Gasteiger partial charge in [-0.1, -0.05) is 38.8 Å². The third-order valence-electron chi connectivity index (χ3n) is 5.81. The molecule has 2 aliphatic rings. The summed E-state index contributed by atoms with van der Waals surface area (Å²) in [5, 5.41) is 10.0. The molecule has 120 valence electrons. The van der Waals surface area contributed by atoms with Gasteiger partial charge in [0.25, 0.3) is 5.09 Å². The van der Waals surface area contributed by atoms with Crippen molar-refractivity contribution in [3.63, 3.8) is 0 Å². The zero-order chi connectivity index (χ0) is 15.9. The van der Waals surface area contributed by atoms with E-state index in [1.165, 1.54) is 5.57 Å². The van der Waals surface area contributed by atoms with Gasteiger partial charge >= 0.3 is 0 Å². The summed E-state index contributed by atoms with van der Waals surface area (Å²) in [4.78, 5) is 15.5. The van der Waals surface area contributed by atoms with Gasteiger partial charge in [-0.2, -0.15) is 0 Å². The molecule has 0 aromatic carbocycles. The number of allylic oxidation sites excluding steroid dienone is 1. The second kappa shape index (κ2) is 5.27. The topological polar surface area (TPSA) is 78.4 Å². The highest BCUT2D eigenvalue weighted by Gasteiger charge is 2.51. The Kier molecular flexibility index (Phi) is 4.08. The Hall–Kier alpha value is -1.10. The molecule has 4 unspecified atom stereocenters. The summed E-state index contributed by atoms with van der Waals surface area (Å²) in [5.74, 6) is 0. The minimum atomic E-state index is -0.677. The van der Waals surface area contributed by atoms with Crippen molar-refractivity contribution in [2.75, 3.05) is 6.54 Å². The fourth-order valence-corrected chi connectivity index (χ4v) is 4.65. The van der Waals surface area contributed by atoms with Crippen LogP contribution in [-0.2, 0) is 4.84 Å². The maximum Gasteiger partial charge on any atom is 0.294 e. The second-order valence-corrected chi connectivity index (χ2v) is 7.86. The molecule has 1 fully saturated rings. The van der Waals surface area contributed by atoms with Gasteiger partial charge in [-0.05, 0) is 50.0 Å². The summed E-state index contributed by atoms with van der Waals surface area (Å²) in [5.41, 5.74) is 7.61. The van der Waals surface area contributed by atoms with Crippen molar-refractivity contribution in [1.82, 2.24) is 0 Å². The number of nitrogens with zero attached hydrogens (tertiary/aromatic N) is 1. The third kappa shape index (κ3) is 3.07. The van der Waals surface area contributed by atoms with E-state index in [2.05, 4.69) is 26.8 Å². The first kappa shape index (κ1) is 16.3. The largest absolute Gasteiger partial charge is 0.330 e. The summed E-state index contributed by atoms with van der Waals surface area (Å²) < 4.78 is 0. The smallest absolute Gasteiger partial charge is 0.294 e. The minimum absolute atomic E-state index is 0.0655. The van der Waals surface area contributed by atoms with E-state index in [1.54, 1.807) is 6.92 Å². The number of nitrogens with two attached hydrogens (primary N) is 1. The van der Waals surface area contributed by atoms with E-state index in [0.29, 0.717) is 12.0 Å². The van der Waals surface area contributed by atoms with E-state index in [-0.39, 0.29) is 10.8 Å². The van der Waals surface area contributed by atoms with Crippen molar-refractivity contribution in [2.24, 2.45) is 22.0 Å². The molecule has 5 nitrogen and oxygen atoms in total. The van der Waals surface area contributed by atoms with E-state index in [4.69, 9.17) is 10.6 Å². The van der Waals surface area contributed by atoms with Crippen LogP contribution in [0.5, 0.6) is 0 Å². The first-order valence-electron chi connectivity index (χ1n) is 7.88. The van der Waals surface area contributed by atoms with E-state index >= 15 is 0 Å². The molecule has 5 heteroatoms. The lowest BCUT2D eigenvalue weighted by atomic mass is 9.51. The number of hydrogen-bond donors (Lipinski definition) is 1. The highest BCUT2D eigenvalue weighted by molar-refractivity contribution is 5.24. The molecular formula is C16H28N2O3. The summed E-state index contributed by atoms with van der Waals surface area (Å²) >= 11 is 0. The zero-order valence-corrected chi connectivity index (χ0v) is 13.6. The molecule has 2 aliphatic carbocycles. The molecule has 0 aromatic heterocycles. The molecule has 0 saturated heterocycles. The van der Waals surface area contributed by atoms with Gasteiger partial charge in [0.2, 0.25) is 0 Å². The maximum atomic E-state index is 10.7. The quantitative estimate of drug-likeness (QED) is 0.478. The molecule has 0 spiro atoms. The monoisotopic (exact) mass is 296 g/mol. The Bertz CT molecular complexity index is 464. The van der Waals surface area contributed by atoms with Crippen molar-refractivity contribution < 1.29 is 9.92 Å². The molecule has 4 atom stereocenters. The molecule has 2 bridgehead atoms. The minimum Gasteiger partial charge on any atom is -0.330 e. The standard InChI is InChI=1S/C16H28N2O3/c1-5-14(3)6-13-7-15(4,12(2)21-18(19)20)10-16(8-13,9-14)11-17/h7,12H,5-6,8-11,17H2,1-4H3. The Morgan fingerprint density at radius 3 is 2.62 bits per heavy atom. The van der Waals surface area contributed by atoms with Gasteiger partial charge in [0.1, 0.15) is 6.10 Å². The van der Waals surface area contributed by atoms with Gasteiger partial charge in [-0.3, -0.25) is 0 Å². The molecular weight excluding hydrogens is 268 g/mol. The third-order valence-corrected chi connectivity index (χ3v) is 5.81. The number of hydrogen-bond acceptors (Lipinski definition) is 4. The molecule has 21 heavy (non-hydrogen) atoms. The SMILES string of the molecule is CCC1(C)CC2=CC(C)(C(C)O[N+](=O)[O-])CC(CN)(C2)C1. The predicted octanol–water partition coefficient (Wildman–Crippen LogP) is 3.46. The van der Waals surface area contributed by atoms with Crippen LogP contribution in [0.25, 0.3) is 0 Å². The van der Waals surface area contributed by atoms with Gasteiger partial charge < -0.3 is 10.6 Å². The maximum absolute atomic E-state index is 10.7. The molecule has 2 N–H and O–H groups in total. The van der Waals surface area contributed by atoms with Crippen molar-refractivity contribution in [3.8, 4) is 0 Å². The van der Waals surface area contributed by atoms with Crippen molar-refractivity contribution in [2.45, 2.75) is 65.9 Å². The van der Waals surface area contributed by atoms with Crippen LogP contribution in [0.2, 0.25) is 0 Å². The van der Waals surface area contributed by atoms with E-state index in [9.17, 15) is 10.1 Å². The Labute approximate surface area is 127 Å². The molecule has 0 amide bonds. The van der Waals surface area contributed by atoms with Crippen LogP contribution < -0.4 is 5.73 Å². The van der Waals surface area contributed by atoms with Gasteiger partial charge in [-0.15, -0.1) is 10.1 Å². The Morgan fingerprint density at radius 2 is 2.10 bits per heavy atom. The first-order valence-corrected chi connectivity index (χ1v) is 7.88. The van der Waals surface area contributed by atoms with Crippen LogP contribution in [0.4, 0.5) is 0 Å². The fourth-order valence-electron chi connectivity index (χ4n) is 4.65. The molecule has 0 radical (unpaired) electrons. The van der Waals surface area contributed by atoms with E-state index < -0.39 is 11.2 Å². The molecule has 0 heterocycles. The van der Waals surface area contributed by atoms with Gasteiger partial charge in [0, 0.05) is 5.41 Å². The molecule has 0 aromatic rings. The van der Waals surface area contributed by atoms with Crippen LogP contribution in [0.15, 0.2) is 11.6 Å². The van der Waals surface area contributed by atoms with Crippen molar-refractivity contribution >= 4 is 0 Å². The average molecular weight is 296 g/mol. The fraction of sp³-hybridized carbons (Fsp3) is 0.875. The Morgan fingerprint density at radius 1 is 1.43 bits per heavy atom. The normalized spacial score (nSPS) is 40.3. The van der Waals surface area contributed by atoms with Crippen LogP contribution in [0.1, 0.15) is 59.8 Å². The highest BCUT2D eigenvalue weighted by atomic mass is 17.0. The van der Waals surface area contributed by atoms with Crippen LogP contribution >= 0.6 is 0 Å². The van der Waals surface area contributed by atoms with Crippen LogP contribution in [-0.4, -0.2) is 17.7 Å². The lowest BCUT2D eigenvalue weighted by Crippen LogP contribution is -2.49. The first-order chi connectivity index (χ1) is 9.66. The van der Waals surface area contributed by atoms with Gasteiger partial charge in [-0.25, -0.2) is 0 Å². The van der Waals surface area contributed by atoms with Crippen LogP contribution in [0, 0.1) is 26.4 Å². The lowest BCUT2D eigenvalue weighted by Gasteiger charge is -2.54. The predicted molar refractivity (Wildman–Crippen MR) is 82.1 cm³/mol. The van der Waals surface area contributed by atoms with E-state index in [1.807, 2.05) is 0 Å². The molecule has 0 aliphatic heterocycles. The average Bonchev–Trinajstić information content (AvgIpc) is 2.36. The number of rotatable bonds is 5. The molecule has 1 saturated carbocycles. The van der Waals surface area contributed by atoms with Crippen molar-refractivity contribution in [1.29, 1.82) is 0 Å². The summed E-state index contributed by atoms with van der Waals surface area (Å²) in [6.45, 7) is 9.08. The number of fused-ring (bicyclic) bond motifs is 2. The summed E-state index contributed by atoms with van der Waals surface area (Å²) in [6.07, 6.45) is 7.02. The Balaban J connectivity index is 2.34. The van der Waals surface area contributed by atoms with Crippen molar-refractivity contribution in [3.05, 3.63) is 21.8 Å².